The standard InChI is InChI=1S/C23H21F3N4O4S/c1-13-4-6-16(11-18(13)28-20(33)34-9-8-31)30-21(35)29(19(32)22(30,2)3)15-7-5-14(12-27)17(10-15)23(24,25)26/h4-7,10-11,31H,8-9H2,1-3H3,(H,28,33). The Balaban J connectivity index is 2.02. The molecule has 2 amide bonds. The Morgan fingerprint density at radius 2 is 1.89 bits per heavy atom. The number of ether oxygens (including phenoxy) is 1. The Morgan fingerprint density at radius 3 is 2.49 bits per heavy atom. The lowest BCUT2D eigenvalue weighted by Crippen LogP contribution is -2.44. The van der Waals surface area contributed by atoms with Crippen LogP contribution in [0.5, 0.6) is 0 Å². The van der Waals surface area contributed by atoms with E-state index in [0.29, 0.717) is 16.9 Å². The van der Waals surface area contributed by atoms with Gasteiger partial charge >= 0.3 is 12.3 Å². The smallest absolute Gasteiger partial charge is 0.417 e. The topological polar surface area (TPSA) is 106 Å². The van der Waals surface area contributed by atoms with Crippen LogP contribution in [0.25, 0.3) is 0 Å². The van der Waals surface area contributed by atoms with Crippen molar-refractivity contribution >= 4 is 46.4 Å². The maximum absolute atomic E-state index is 13.5. The fraction of sp³-hybridized carbons (Fsp3) is 0.304. The lowest BCUT2D eigenvalue weighted by atomic mass is 10.0. The monoisotopic (exact) mass is 506 g/mol. The minimum Gasteiger partial charge on any atom is -0.447 e. The molecule has 0 aromatic heterocycles. The van der Waals surface area contributed by atoms with Crippen LogP contribution in [0.15, 0.2) is 36.4 Å². The largest absolute Gasteiger partial charge is 0.447 e. The third kappa shape index (κ3) is 4.91. The molecule has 0 bridgehead atoms. The normalized spacial score (nSPS) is 15.3. The number of alkyl halides is 3. The molecule has 2 aromatic rings. The summed E-state index contributed by atoms with van der Waals surface area (Å²) < 4.78 is 45.3. The Hall–Kier alpha value is -3.69. The maximum atomic E-state index is 13.5. The Bertz CT molecular complexity index is 1240. The molecule has 0 atom stereocenters. The van der Waals surface area contributed by atoms with Crippen molar-refractivity contribution in [3.8, 4) is 6.07 Å². The fourth-order valence-electron chi connectivity index (χ4n) is 3.63. The second-order valence-electron chi connectivity index (χ2n) is 8.14. The SMILES string of the molecule is Cc1ccc(N2C(=S)N(c3ccc(C#N)c(C(F)(F)F)c3)C(=O)C2(C)C)cc1NC(=O)OCCO. The number of nitrogens with one attached hydrogen (secondary N) is 1. The second kappa shape index (κ2) is 9.52. The van der Waals surface area contributed by atoms with E-state index in [1.54, 1.807) is 39.0 Å². The molecule has 1 heterocycles. The van der Waals surface area contributed by atoms with E-state index in [9.17, 15) is 22.8 Å². The molecule has 0 radical (unpaired) electrons. The summed E-state index contributed by atoms with van der Waals surface area (Å²) in [5, 5.41) is 20.3. The summed E-state index contributed by atoms with van der Waals surface area (Å²) in [5.74, 6) is -0.572. The molecule has 0 saturated carbocycles. The highest BCUT2D eigenvalue weighted by atomic mass is 32.1. The first-order valence-corrected chi connectivity index (χ1v) is 10.7. The minimum absolute atomic E-state index is 0.0736. The zero-order valence-corrected chi connectivity index (χ0v) is 19.8. The van der Waals surface area contributed by atoms with Crippen LogP contribution >= 0.6 is 12.2 Å². The van der Waals surface area contributed by atoms with Crippen molar-refractivity contribution in [1.29, 1.82) is 5.26 Å². The van der Waals surface area contributed by atoms with Gasteiger partial charge in [-0.2, -0.15) is 18.4 Å². The molecule has 0 unspecified atom stereocenters. The molecule has 12 heteroatoms. The molecule has 0 aliphatic carbocycles. The summed E-state index contributed by atoms with van der Waals surface area (Å²) in [4.78, 5) is 27.7. The van der Waals surface area contributed by atoms with Gasteiger partial charge in [0.25, 0.3) is 5.91 Å². The highest BCUT2D eigenvalue weighted by Gasteiger charge is 2.50. The molecule has 3 rings (SSSR count). The number of aliphatic hydroxyl groups excluding tert-OH is 1. The third-order valence-electron chi connectivity index (χ3n) is 5.40. The second-order valence-corrected chi connectivity index (χ2v) is 8.51. The summed E-state index contributed by atoms with van der Waals surface area (Å²) in [6, 6.07) is 9.35. The van der Waals surface area contributed by atoms with E-state index in [4.69, 9.17) is 27.3 Å². The number of carbonyl (C=O) groups is 2. The van der Waals surface area contributed by atoms with Gasteiger partial charge in [-0.25, -0.2) is 4.79 Å². The van der Waals surface area contributed by atoms with Crippen LogP contribution in [0.2, 0.25) is 0 Å². The minimum atomic E-state index is -4.80. The molecule has 2 N–H and O–H groups in total. The van der Waals surface area contributed by atoms with E-state index in [1.165, 1.54) is 17.0 Å². The number of aryl methyl sites for hydroxylation is 1. The lowest BCUT2D eigenvalue weighted by Gasteiger charge is -2.30. The number of halogens is 3. The zero-order valence-electron chi connectivity index (χ0n) is 18.9. The highest BCUT2D eigenvalue weighted by Crippen LogP contribution is 2.40. The highest BCUT2D eigenvalue weighted by molar-refractivity contribution is 7.81. The van der Waals surface area contributed by atoms with Crippen LogP contribution < -0.4 is 15.1 Å². The third-order valence-corrected chi connectivity index (χ3v) is 5.76. The van der Waals surface area contributed by atoms with E-state index in [-0.39, 0.29) is 24.0 Å². The van der Waals surface area contributed by atoms with Crippen molar-refractivity contribution in [2.45, 2.75) is 32.5 Å². The van der Waals surface area contributed by atoms with Gasteiger partial charge in [0.15, 0.2) is 5.11 Å². The number of anilines is 3. The average Bonchev–Trinajstić information content (AvgIpc) is 2.96. The first-order valence-electron chi connectivity index (χ1n) is 10.3. The lowest BCUT2D eigenvalue weighted by molar-refractivity contribution is -0.137. The van der Waals surface area contributed by atoms with Crippen molar-refractivity contribution in [3.63, 3.8) is 0 Å². The first kappa shape index (κ1) is 25.9. The predicted octanol–water partition coefficient (Wildman–Crippen LogP) is 4.34. The van der Waals surface area contributed by atoms with Gasteiger partial charge in [0, 0.05) is 11.4 Å². The molecular weight excluding hydrogens is 485 g/mol. The molecule has 2 aromatic carbocycles. The zero-order chi connectivity index (χ0) is 26.1. The summed E-state index contributed by atoms with van der Waals surface area (Å²) in [5.41, 5.74) is -1.73. The number of benzene rings is 2. The number of nitrogens with zero attached hydrogens (tertiary/aromatic N) is 3. The quantitative estimate of drug-likeness (QED) is 0.581. The van der Waals surface area contributed by atoms with E-state index in [0.717, 1.165) is 17.0 Å². The molecule has 35 heavy (non-hydrogen) atoms. The summed E-state index contributed by atoms with van der Waals surface area (Å²) in [7, 11) is 0. The number of thiocarbonyl (C=S) groups is 1. The summed E-state index contributed by atoms with van der Waals surface area (Å²) >= 11 is 5.52. The molecule has 8 nitrogen and oxygen atoms in total. The van der Waals surface area contributed by atoms with Crippen LogP contribution in [0.1, 0.15) is 30.5 Å². The van der Waals surface area contributed by atoms with Crippen LogP contribution in [0.4, 0.5) is 35.0 Å². The van der Waals surface area contributed by atoms with Crippen molar-refractivity contribution in [2.24, 2.45) is 0 Å². The Morgan fingerprint density at radius 1 is 1.23 bits per heavy atom. The number of aliphatic hydroxyl groups is 1. The van der Waals surface area contributed by atoms with E-state index in [2.05, 4.69) is 5.32 Å². The van der Waals surface area contributed by atoms with E-state index < -0.39 is 34.8 Å². The number of hydrogen-bond donors (Lipinski definition) is 2. The van der Waals surface area contributed by atoms with E-state index >= 15 is 0 Å². The summed E-state index contributed by atoms with van der Waals surface area (Å²) in [6.07, 6.45) is -5.60. The van der Waals surface area contributed by atoms with Crippen LogP contribution in [-0.4, -0.2) is 41.0 Å². The number of carbonyl (C=O) groups excluding carboxylic acids is 2. The van der Waals surface area contributed by atoms with Crippen LogP contribution in [0, 0.1) is 18.3 Å². The predicted molar refractivity (Wildman–Crippen MR) is 126 cm³/mol. The van der Waals surface area contributed by atoms with Crippen molar-refractivity contribution < 1.29 is 32.6 Å². The van der Waals surface area contributed by atoms with Gasteiger partial charge in [0.2, 0.25) is 0 Å². The molecule has 184 valence electrons. The summed E-state index contributed by atoms with van der Waals surface area (Å²) in [6.45, 7) is 4.33. The van der Waals surface area contributed by atoms with Gasteiger partial charge in [-0.3, -0.25) is 15.0 Å². The van der Waals surface area contributed by atoms with Crippen molar-refractivity contribution in [1.82, 2.24) is 0 Å². The number of rotatable bonds is 5. The first-order chi connectivity index (χ1) is 16.3. The van der Waals surface area contributed by atoms with Crippen molar-refractivity contribution in [2.75, 3.05) is 28.3 Å². The molecule has 1 saturated heterocycles. The average molecular weight is 507 g/mol. The van der Waals surface area contributed by atoms with Crippen LogP contribution in [0.3, 0.4) is 0 Å². The fourth-order valence-corrected chi connectivity index (χ4v) is 4.15. The number of hydrogen-bond acceptors (Lipinski definition) is 6. The van der Waals surface area contributed by atoms with Gasteiger partial charge in [0.05, 0.1) is 29.5 Å². The number of nitriles is 1. The van der Waals surface area contributed by atoms with Crippen LogP contribution in [-0.2, 0) is 15.7 Å². The maximum Gasteiger partial charge on any atom is 0.417 e. The molecule has 1 aliphatic heterocycles. The molecular formula is C23H21F3N4O4S. The Labute approximate surface area is 204 Å². The van der Waals surface area contributed by atoms with E-state index in [1.807, 2.05) is 0 Å². The molecule has 1 aliphatic rings. The Kier molecular flexibility index (Phi) is 7.05. The van der Waals surface area contributed by atoms with Crippen molar-refractivity contribution in [3.05, 3.63) is 53.1 Å². The van der Waals surface area contributed by atoms with Gasteiger partial charge in [-0.15, -0.1) is 0 Å². The van der Waals surface area contributed by atoms with Gasteiger partial charge < -0.3 is 14.7 Å². The van der Waals surface area contributed by atoms with Gasteiger partial charge in [-0.1, -0.05) is 6.07 Å². The number of amides is 2. The molecule has 1 fully saturated rings. The molecule has 0 spiro atoms. The van der Waals surface area contributed by atoms with Gasteiger partial charge in [0.1, 0.15) is 12.1 Å². The van der Waals surface area contributed by atoms with Gasteiger partial charge in [-0.05, 0) is 68.9 Å².